The first-order valence-corrected chi connectivity index (χ1v) is 7.35. The minimum atomic E-state index is -0.664. The maximum absolute atomic E-state index is 12.1. The van der Waals surface area contributed by atoms with Gasteiger partial charge in [0.15, 0.2) is 11.5 Å². The third kappa shape index (κ3) is 2.95. The van der Waals surface area contributed by atoms with E-state index in [2.05, 4.69) is 15.3 Å². The fourth-order valence-electron chi connectivity index (χ4n) is 2.30. The van der Waals surface area contributed by atoms with Crippen molar-refractivity contribution in [2.45, 2.75) is 6.92 Å². The van der Waals surface area contributed by atoms with E-state index in [1.165, 1.54) is 0 Å². The molecular formula is C15H13ClN4O3. The molecule has 1 amide bonds. The van der Waals surface area contributed by atoms with Crippen LogP contribution in [0.5, 0.6) is 0 Å². The Kier molecular flexibility index (Phi) is 4.12. The quantitative estimate of drug-likeness (QED) is 0.686. The maximum atomic E-state index is 12.1. The van der Waals surface area contributed by atoms with E-state index in [0.29, 0.717) is 5.82 Å². The standard InChI is InChI=1S/C15H13ClN4O3/c1-2-23-14(22)12-11-13(19-15(16)18-12)20(8-10(21)17-11)9-6-4-3-5-7-9/h3-7H,2,8H2,1H3,(H,17,21). The Bertz CT molecular complexity index is 767. The molecule has 0 saturated heterocycles. The molecule has 0 radical (unpaired) electrons. The molecule has 1 aromatic heterocycles. The van der Waals surface area contributed by atoms with Gasteiger partial charge in [0.1, 0.15) is 12.2 Å². The number of benzene rings is 1. The molecule has 23 heavy (non-hydrogen) atoms. The highest BCUT2D eigenvalue weighted by molar-refractivity contribution is 6.29. The van der Waals surface area contributed by atoms with Gasteiger partial charge in [-0.05, 0) is 30.7 Å². The highest BCUT2D eigenvalue weighted by Crippen LogP contribution is 2.36. The van der Waals surface area contributed by atoms with Gasteiger partial charge < -0.3 is 15.0 Å². The lowest BCUT2D eigenvalue weighted by Crippen LogP contribution is -2.37. The number of hydrogen-bond acceptors (Lipinski definition) is 6. The van der Waals surface area contributed by atoms with E-state index in [0.717, 1.165) is 5.69 Å². The van der Waals surface area contributed by atoms with Gasteiger partial charge in [-0.25, -0.2) is 9.78 Å². The van der Waals surface area contributed by atoms with Crippen molar-refractivity contribution in [2.24, 2.45) is 0 Å². The Morgan fingerprint density at radius 3 is 2.78 bits per heavy atom. The summed E-state index contributed by atoms with van der Waals surface area (Å²) in [5.41, 5.74) is 0.900. The van der Waals surface area contributed by atoms with Gasteiger partial charge in [0.05, 0.1) is 6.61 Å². The maximum Gasteiger partial charge on any atom is 0.359 e. The van der Waals surface area contributed by atoms with E-state index in [-0.39, 0.29) is 35.7 Å². The lowest BCUT2D eigenvalue weighted by molar-refractivity contribution is -0.115. The van der Waals surface area contributed by atoms with Crippen LogP contribution in [0.1, 0.15) is 17.4 Å². The third-order valence-electron chi connectivity index (χ3n) is 3.22. The van der Waals surface area contributed by atoms with Gasteiger partial charge in [-0.3, -0.25) is 4.79 Å². The molecule has 1 N–H and O–H groups in total. The SMILES string of the molecule is CCOC(=O)c1nc(Cl)nc2c1NC(=O)CN2c1ccccc1. The molecule has 2 aromatic rings. The van der Waals surface area contributed by atoms with Gasteiger partial charge in [-0.2, -0.15) is 4.98 Å². The zero-order chi connectivity index (χ0) is 16.4. The summed E-state index contributed by atoms with van der Waals surface area (Å²) >= 11 is 5.95. The molecule has 0 aliphatic carbocycles. The van der Waals surface area contributed by atoms with Crippen molar-refractivity contribution in [3.05, 3.63) is 41.3 Å². The zero-order valence-corrected chi connectivity index (χ0v) is 13.0. The summed E-state index contributed by atoms with van der Waals surface area (Å²) in [6.07, 6.45) is 0. The van der Waals surface area contributed by atoms with Crippen LogP contribution >= 0.6 is 11.6 Å². The van der Waals surface area contributed by atoms with E-state index < -0.39 is 5.97 Å². The molecule has 8 heteroatoms. The van der Waals surface area contributed by atoms with Gasteiger partial charge >= 0.3 is 5.97 Å². The van der Waals surface area contributed by atoms with Crippen molar-refractivity contribution in [2.75, 3.05) is 23.4 Å². The normalized spacial score (nSPS) is 13.3. The van der Waals surface area contributed by atoms with Crippen molar-refractivity contribution < 1.29 is 14.3 Å². The molecule has 118 valence electrons. The van der Waals surface area contributed by atoms with Gasteiger partial charge in [0, 0.05) is 5.69 Å². The minimum Gasteiger partial charge on any atom is -0.461 e. The number of hydrogen-bond donors (Lipinski definition) is 1. The molecule has 0 atom stereocenters. The van der Waals surface area contributed by atoms with E-state index in [1.807, 2.05) is 30.3 Å². The third-order valence-corrected chi connectivity index (χ3v) is 3.39. The van der Waals surface area contributed by atoms with Crippen LogP contribution in [0.25, 0.3) is 0 Å². The minimum absolute atomic E-state index is 0.0594. The largest absolute Gasteiger partial charge is 0.461 e. The average molecular weight is 333 g/mol. The summed E-state index contributed by atoms with van der Waals surface area (Å²) in [4.78, 5) is 33.9. The van der Waals surface area contributed by atoms with Crippen LogP contribution in [0.15, 0.2) is 30.3 Å². The molecule has 0 spiro atoms. The fourth-order valence-corrected chi connectivity index (χ4v) is 2.46. The number of rotatable bonds is 3. The molecule has 0 unspecified atom stereocenters. The van der Waals surface area contributed by atoms with Crippen LogP contribution in [0, 0.1) is 0 Å². The fraction of sp³-hybridized carbons (Fsp3) is 0.200. The Morgan fingerprint density at radius 2 is 2.09 bits per heavy atom. The number of ether oxygens (including phenoxy) is 1. The summed E-state index contributed by atoms with van der Waals surface area (Å²) in [6.45, 7) is 1.93. The second-order valence-corrected chi connectivity index (χ2v) is 5.07. The first-order valence-electron chi connectivity index (χ1n) is 6.97. The predicted molar refractivity (Wildman–Crippen MR) is 85.1 cm³/mol. The number of amides is 1. The summed E-state index contributed by atoms with van der Waals surface area (Å²) in [7, 11) is 0. The molecule has 2 heterocycles. The van der Waals surface area contributed by atoms with Gasteiger partial charge in [-0.15, -0.1) is 0 Å². The molecule has 0 saturated carbocycles. The average Bonchev–Trinajstić information content (AvgIpc) is 2.55. The Hall–Kier alpha value is -2.67. The molecule has 1 aliphatic rings. The first kappa shape index (κ1) is 15.2. The van der Waals surface area contributed by atoms with E-state index in [4.69, 9.17) is 16.3 Å². The number of carbonyl (C=O) groups excluding carboxylic acids is 2. The van der Waals surface area contributed by atoms with Gasteiger partial charge in [0.2, 0.25) is 11.2 Å². The molecular weight excluding hydrogens is 320 g/mol. The molecule has 3 rings (SSSR count). The van der Waals surface area contributed by atoms with E-state index in [1.54, 1.807) is 11.8 Å². The number of esters is 1. The smallest absolute Gasteiger partial charge is 0.359 e. The number of para-hydroxylation sites is 1. The number of halogens is 1. The number of carbonyl (C=O) groups is 2. The monoisotopic (exact) mass is 332 g/mol. The number of fused-ring (bicyclic) bond motifs is 1. The summed E-state index contributed by atoms with van der Waals surface area (Å²) < 4.78 is 4.97. The van der Waals surface area contributed by atoms with Crippen molar-refractivity contribution >= 4 is 40.7 Å². The van der Waals surface area contributed by atoms with Crippen LogP contribution in [0.3, 0.4) is 0 Å². The molecule has 0 fully saturated rings. The van der Waals surface area contributed by atoms with E-state index >= 15 is 0 Å². The van der Waals surface area contributed by atoms with Crippen molar-refractivity contribution in [3.63, 3.8) is 0 Å². The second-order valence-electron chi connectivity index (χ2n) is 4.73. The number of aromatic nitrogens is 2. The van der Waals surface area contributed by atoms with Crippen LogP contribution in [-0.4, -0.2) is 35.0 Å². The van der Waals surface area contributed by atoms with Crippen molar-refractivity contribution in [1.29, 1.82) is 0 Å². The zero-order valence-electron chi connectivity index (χ0n) is 12.2. The summed E-state index contributed by atoms with van der Waals surface area (Å²) in [6, 6.07) is 9.23. The molecule has 1 aliphatic heterocycles. The number of anilines is 3. The van der Waals surface area contributed by atoms with Crippen LogP contribution < -0.4 is 10.2 Å². The van der Waals surface area contributed by atoms with Crippen molar-refractivity contribution in [1.82, 2.24) is 9.97 Å². The highest BCUT2D eigenvalue weighted by Gasteiger charge is 2.31. The number of nitrogens with one attached hydrogen (secondary N) is 1. The highest BCUT2D eigenvalue weighted by atomic mass is 35.5. The van der Waals surface area contributed by atoms with Crippen LogP contribution in [-0.2, 0) is 9.53 Å². The van der Waals surface area contributed by atoms with Gasteiger partial charge in [0.25, 0.3) is 0 Å². The Labute approximate surface area is 137 Å². The van der Waals surface area contributed by atoms with Crippen LogP contribution in [0.2, 0.25) is 5.28 Å². The Morgan fingerprint density at radius 1 is 1.35 bits per heavy atom. The lowest BCUT2D eigenvalue weighted by atomic mass is 10.2. The Balaban J connectivity index is 2.15. The molecule has 0 bridgehead atoms. The topological polar surface area (TPSA) is 84.4 Å². The first-order chi connectivity index (χ1) is 11.1. The molecule has 7 nitrogen and oxygen atoms in total. The number of nitrogens with zero attached hydrogens (tertiary/aromatic N) is 3. The van der Waals surface area contributed by atoms with Crippen LogP contribution in [0.4, 0.5) is 17.2 Å². The predicted octanol–water partition coefficient (Wildman–Crippen LogP) is 2.40. The summed E-state index contributed by atoms with van der Waals surface area (Å²) in [5.74, 6) is -0.583. The lowest BCUT2D eigenvalue weighted by Gasteiger charge is -2.30. The second kappa shape index (κ2) is 6.21. The van der Waals surface area contributed by atoms with E-state index in [9.17, 15) is 9.59 Å². The molecule has 1 aromatic carbocycles. The van der Waals surface area contributed by atoms with Crippen molar-refractivity contribution in [3.8, 4) is 0 Å². The van der Waals surface area contributed by atoms with Gasteiger partial charge in [-0.1, -0.05) is 18.2 Å². The summed E-state index contributed by atoms with van der Waals surface area (Å²) in [5, 5.41) is 2.54.